The van der Waals surface area contributed by atoms with Gasteiger partial charge in [0.15, 0.2) is 5.60 Å². The first kappa shape index (κ1) is 16.8. The number of hydrogen-bond donors (Lipinski definition) is 5. The van der Waals surface area contributed by atoms with Crippen molar-refractivity contribution in [3.05, 3.63) is 12.2 Å². The van der Waals surface area contributed by atoms with E-state index < -0.39 is 59.3 Å². The van der Waals surface area contributed by atoms with Crippen LogP contribution in [0, 0.1) is 17.8 Å². The third-order valence-corrected chi connectivity index (χ3v) is 5.73. The zero-order valence-corrected chi connectivity index (χ0v) is 12.9. The summed E-state index contributed by atoms with van der Waals surface area (Å²) in [4.78, 5) is 16.7. The van der Waals surface area contributed by atoms with Gasteiger partial charge in [0.1, 0.15) is 11.7 Å². The third kappa shape index (κ3) is 2.03. The summed E-state index contributed by atoms with van der Waals surface area (Å²) >= 11 is 0. The molecule has 8 heteroatoms. The summed E-state index contributed by atoms with van der Waals surface area (Å²) in [7, 11) is 0. The smallest absolute Gasteiger partial charge is 0.312 e. The Balaban J connectivity index is 2.17. The van der Waals surface area contributed by atoms with Crippen molar-refractivity contribution in [2.75, 3.05) is 6.61 Å². The van der Waals surface area contributed by atoms with Gasteiger partial charge in [-0.1, -0.05) is 6.08 Å². The van der Waals surface area contributed by atoms with Crippen LogP contribution in [0.2, 0.25) is 0 Å². The molecule has 3 rings (SSSR count). The van der Waals surface area contributed by atoms with Crippen molar-refractivity contribution in [3.8, 4) is 0 Å². The molecule has 1 aliphatic heterocycles. The predicted octanol–water partition coefficient (Wildman–Crippen LogP) is -1.18. The number of hydrogen-bond acceptors (Lipinski definition) is 8. The number of ether oxygens (including phenoxy) is 1. The molecular weight excluding hydrogens is 308 g/mol. The van der Waals surface area contributed by atoms with E-state index in [1.807, 2.05) is 0 Å². The highest BCUT2D eigenvalue weighted by molar-refractivity contribution is 5.76. The van der Waals surface area contributed by atoms with Crippen LogP contribution in [0.3, 0.4) is 0 Å². The van der Waals surface area contributed by atoms with Gasteiger partial charge in [-0.15, -0.1) is 0 Å². The van der Waals surface area contributed by atoms with Gasteiger partial charge >= 0.3 is 5.97 Å². The predicted molar refractivity (Wildman–Crippen MR) is 74.9 cm³/mol. The molecule has 0 aromatic heterocycles. The number of carbonyl (C=O) groups excluding carboxylic acids is 1. The van der Waals surface area contributed by atoms with Gasteiger partial charge in [0, 0.05) is 12.3 Å². The molecule has 0 aromatic rings. The highest BCUT2D eigenvalue weighted by atomic mass is 17.1. The summed E-state index contributed by atoms with van der Waals surface area (Å²) < 4.78 is 5.33. The summed E-state index contributed by atoms with van der Waals surface area (Å²) in [6.45, 7) is 2.30. The number of aliphatic hydroxyl groups is 4. The second-order valence-electron chi connectivity index (χ2n) is 7.23. The molecule has 1 heterocycles. The second kappa shape index (κ2) is 4.98. The molecule has 23 heavy (non-hydrogen) atoms. The van der Waals surface area contributed by atoms with E-state index in [0.717, 1.165) is 0 Å². The van der Waals surface area contributed by atoms with E-state index in [1.165, 1.54) is 26.0 Å². The quantitative estimate of drug-likeness (QED) is 0.185. The van der Waals surface area contributed by atoms with Crippen molar-refractivity contribution >= 4 is 5.97 Å². The van der Waals surface area contributed by atoms with Crippen LogP contribution >= 0.6 is 0 Å². The Kier molecular flexibility index (Phi) is 3.64. The molecule has 2 aliphatic carbocycles. The minimum Gasteiger partial charge on any atom is -0.461 e. The van der Waals surface area contributed by atoms with Crippen molar-refractivity contribution in [2.24, 2.45) is 17.8 Å². The molecular formula is C15H22O8. The Morgan fingerprint density at radius 3 is 2.57 bits per heavy atom. The molecule has 5 N–H and O–H groups in total. The first-order chi connectivity index (χ1) is 10.6. The molecule has 0 bridgehead atoms. The average Bonchev–Trinajstić information content (AvgIpc) is 2.89. The highest BCUT2D eigenvalue weighted by Crippen LogP contribution is 2.56. The Hall–Kier alpha value is -1.03. The van der Waals surface area contributed by atoms with Crippen LogP contribution in [0.15, 0.2) is 12.2 Å². The molecule has 1 saturated carbocycles. The number of aliphatic hydroxyl groups excluding tert-OH is 2. The fraction of sp³-hybridized carbons (Fsp3) is 0.800. The Labute approximate surface area is 132 Å². The molecule has 8 unspecified atom stereocenters. The van der Waals surface area contributed by atoms with Crippen molar-refractivity contribution in [2.45, 2.75) is 49.3 Å². The highest BCUT2D eigenvalue weighted by Gasteiger charge is 2.71. The van der Waals surface area contributed by atoms with Gasteiger partial charge in [0.2, 0.25) is 0 Å². The normalized spacial score (nSPS) is 55.3. The number of fused-ring (bicyclic) bond motifs is 3. The van der Waals surface area contributed by atoms with Crippen LogP contribution in [0.1, 0.15) is 20.3 Å². The summed E-state index contributed by atoms with van der Waals surface area (Å²) in [6, 6.07) is 0. The summed E-state index contributed by atoms with van der Waals surface area (Å²) in [5, 5.41) is 51.1. The van der Waals surface area contributed by atoms with Crippen LogP contribution in [0.25, 0.3) is 0 Å². The first-order valence-electron chi connectivity index (χ1n) is 7.58. The fourth-order valence-corrected chi connectivity index (χ4v) is 4.57. The Morgan fingerprint density at radius 2 is 2.00 bits per heavy atom. The zero-order valence-electron chi connectivity index (χ0n) is 12.9. The van der Waals surface area contributed by atoms with E-state index in [1.54, 1.807) is 0 Å². The fourth-order valence-electron chi connectivity index (χ4n) is 4.57. The maximum absolute atomic E-state index is 12.0. The molecule has 0 radical (unpaired) electrons. The lowest BCUT2D eigenvalue weighted by atomic mass is 9.70. The lowest BCUT2D eigenvalue weighted by molar-refractivity contribution is -0.369. The molecule has 0 spiro atoms. The van der Waals surface area contributed by atoms with Crippen LogP contribution < -0.4 is 0 Å². The molecule has 2 fully saturated rings. The maximum Gasteiger partial charge on any atom is 0.312 e. The van der Waals surface area contributed by atoms with E-state index in [2.05, 4.69) is 4.89 Å². The number of esters is 1. The first-order valence-corrected chi connectivity index (χ1v) is 7.58. The van der Waals surface area contributed by atoms with Gasteiger partial charge in [0.05, 0.1) is 30.1 Å². The topological polar surface area (TPSA) is 137 Å². The van der Waals surface area contributed by atoms with Crippen molar-refractivity contribution in [1.29, 1.82) is 0 Å². The molecule has 1 saturated heterocycles. The number of rotatable bonds is 2. The maximum atomic E-state index is 12.0. The lowest BCUT2D eigenvalue weighted by Crippen LogP contribution is -2.61. The minimum atomic E-state index is -1.75. The average molecular weight is 330 g/mol. The monoisotopic (exact) mass is 330 g/mol. The molecule has 8 atom stereocenters. The molecule has 3 aliphatic rings. The zero-order chi connectivity index (χ0) is 17.2. The molecule has 130 valence electrons. The molecule has 0 aromatic carbocycles. The molecule has 8 nitrogen and oxygen atoms in total. The largest absolute Gasteiger partial charge is 0.461 e. The lowest BCUT2D eigenvalue weighted by Gasteiger charge is -2.45. The second-order valence-corrected chi connectivity index (χ2v) is 7.23. The van der Waals surface area contributed by atoms with Gasteiger partial charge in [-0.05, 0) is 19.9 Å². The van der Waals surface area contributed by atoms with Crippen LogP contribution in [-0.2, 0) is 14.4 Å². The van der Waals surface area contributed by atoms with E-state index in [9.17, 15) is 30.5 Å². The minimum absolute atomic E-state index is 0.223. The Morgan fingerprint density at radius 1 is 1.35 bits per heavy atom. The van der Waals surface area contributed by atoms with Gasteiger partial charge in [-0.25, -0.2) is 4.89 Å². The third-order valence-electron chi connectivity index (χ3n) is 5.73. The van der Waals surface area contributed by atoms with Gasteiger partial charge in [0.25, 0.3) is 0 Å². The van der Waals surface area contributed by atoms with Crippen LogP contribution in [-0.4, -0.2) is 67.3 Å². The Bertz CT molecular complexity index is 542. The summed E-state index contributed by atoms with van der Waals surface area (Å²) in [5.74, 6) is -3.51. The summed E-state index contributed by atoms with van der Waals surface area (Å²) in [5.41, 5.74) is -5.04. The van der Waals surface area contributed by atoms with E-state index in [0.29, 0.717) is 0 Å². The van der Waals surface area contributed by atoms with E-state index in [-0.39, 0.29) is 6.42 Å². The number of carbonyl (C=O) groups is 1. The standard InChI is InChI=1S/C15H22O8/c1-13(19)3-4-15(23-21)11(13)10-9(7(6-16)12(18)22-10)8(17)5-14(15,2)20/h3-4,7-11,16-17,19-21H,5-6H2,1-2H3. The van der Waals surface area contributed by atoms with Gasteiger partial charge in [-0.2, -0.15) is 0 Å². The van der Waals surface area contributed by atoms with E-state index in [4.69, 9.17) is 4.74 Å². The molecule has 0 amide bonds. The van der Waals surface area contributed by atoms with Crippen molar-refractivity contribution in [1.82, 2.24) is 0 Å². The van der Waals surface area contributed by atoms with Crippen LogP contribution in [0.5, 0.6) is 0 Å². The van der Waals surface area contributed by atoms with E-state index >= 15 is 0 Å². The summed E-state index contributed by atoms with van der Waals surface area (Å²) in [6.07, 6.45) is 0.282. The van der Waals surface area contributed by atoms with Gasteiger partial charge in [-0.3, -0.25) is 10.1 Å². The van der Waals surface area contributed by atoms with Gasteiger partial charge < -0.3 is 25.2 Å². The van der Waals surface area contributed by atoms with Crippen molar-refractivity contribution < 1.29 is 40.1 Å². The SMILES string of the molecule is CC1(O)C=CC2(OO)C1C1OC(=O)C(CO)C1C(O)CC2(C)O. The van der Waals surface area contributed by atoms with Crippen molar-refractivity contribution in [3.63, 3.8) is 0 Å². The van der Waals surface area contributed by atoms with Crippen LogP contribution in [0.4, 0.5) is 0 Å².